The molecule has 0 fully saturated rings. The highest BCUT2D eigenvalue weighted by molar-refractivity contribution is 5.88. The summed E-state index contributed by atoms with van der Waals surface area (Å²) in [6.07, 6.45) is 3.20. The molecule has 0 aliphatic heterocycles. The maximum atomic E-state index is 11.2. The van der Waals surface area contributed by atoms with E-state index in [-0.39, 0.29) is 5.97 Å². The zero-order chi connectivity index (χ0) is 12.3. The fourth-order valence-corrected chi connectivity index (χ4v) is 1.55. The van der Waals surface area contributed by atoms with Crippen molar-refractivity contribution in [2.75, 3.05) is 7.11 Å². The van der Waals surface area contributed by atoms with Crippen LogP contribution >= 0.6 is 0 Å². The molecule has 4 nitrogen and oxygen atoms in total. The zero-order valence-electron chi connectivity index (χ0n) is 9.88. The molecule has 0 radical (unpaired) electrons. The summed E-state index contributed by atoms with van der Waals surface area (Å²) in [6.45, 7) is 2.70. The van der Waals surface area contributed by atoms with Gasteiger partial charge in [-0.15, -0.1) is 0 Å². The number of benzene rings is 1. The normalized spacial score (nSPS) is 10.2. The van der Waals surface area contributed by atoms with Crippen LogP contribution in [0.5, 0.6) is 0 Å². The topological polar surface area (TPSA) is 44.1 Å². The van der Waals surface area contributed by atoms with Crippen LogP contribution in [-0.4, -0.2) is 22.9 Å². The number of hydrogen-bond acceptors (Lipinski definition) is 3. The zero-order valence-corrected chi connectivity index (χ0v) is 9.88. The summed E-state index contributed by atoms with van der Waals surface area (Å²) >= 11 is 0. The van der Waals surface area contributed by atoms with Crippen molar-refractivity contribution in [3.8, 4) is 0 Å². The SMILES string of the molecule is COC(=O)c1cnn(Cc2ccc(C)cc2)c1. The first-order valence-electron chi connectivity index (χ1n) is 5.35. The van der Waals surface area contributed by atoms with E-state index in [4.69, 9.17) is 0 Å². The molecule has 88 valence electrons. The summed E-state index contributed by atoms with van der Waals surface area (Å²) in [7, 11) is 1.36. The lowest BCUT2D eigenvalue weighted by Gasteiger charge is -2.02. The smallest absolute Gasteiger partial charge is 0.341 e. The van der Waals surface area contributed by atoms with Crippen molar-refractivity contribution in [2.45, 2.75) is 13.5 Å². The standard InChI is InChI=1S/C13H14N2O2/c1-10-3-5-11(6-4-10)8-15-9-12(7-14-15)13(16)17-2/h3-7,9H,8H2,1-2H3. The Kier molecular flexibility index (Phi) is 3.23. The number of carbonyl (C=O) groups is 1. The summed E-state index contributed by atoms with van der Waals surface area (Å²) in [5, 5.41) is 4.12. The summed E-state index contributed by atoms with van der Waals surface area (Å²) < 4.78 is 6.34. The van der Waals surface area contributed by atoms with Gasteiger partial charge in [0.25, 0.3) is 0 Å². The fraction of sp³-hybridized carbons (Fsp3) is 0.231. The van der Waals surface area contributed by atoms with Crippen LogP contribution < -0.4 is 0 Å². The Balaban J connectivity index is 2.11. The second kappa shape index (κ2) is 4.82. The van der Waals surface area contributed by atoms with Crippen molar-refractivity contribution < 1.29 is 9.53 Å². The van der Waals surface area contributed by atoms with Gasteiger partial charge in [0.15, 0.2) is 0 Å². The Morgan fingerprint density at radius 3 is 2.71 bits per heavy atom. The summed E-state index contributed by atoms with van der Waals surface area (Å²) in [6, 6.07) is 8.21. The van der Waals surface area contributed by atoms with Crippen molar-refractivity contribution >= 4 is 5.97 Å². The van der Waals surface area contributed by atoms with Crippen LogP contribution in [0.3, 0.4) is 0 Å². The van der Waals surface area contributed by atoms with Gasteiger partial charge in [-0.05, 0) is 12.5 Å². The van der Waals surface area contributed by atoms with E-state index >= 15 is 0 Å². The molecular weight excluding hydrogens is 216 g/mol. The highest BCUT2D eigenvalue weighted by atomic mass is 16.5. The van der Waals surface area contributed by atoms with Gasteiger partial charge < -0.3 is 4.74 Å². The lowest BCUT2D eigenvalue weighted by molar-refractivity contribution is 0.0600. The van der Waals surface area contributed by atoms with Crippen LogP contribution in [-0.2, 0) is 11.3 Å². The Bertz CT molecular complexity index is 514. The van der Waals surface area contributed by atoms with Gasteiger partial charge in [-0.1, -0.05) is 29.8 Å². The van der Waals surface area contributed by atoms with Gasteiger partial charge in [-0.2, -0.15) is 5.10 Å². The van der Waals surface area contributed by atoms with Crippen molar-refractivity contribution in [3.63, 3.8) is 0 Å². The number of carbonyl (C=O) groups excluding carboxylic acids is 1. The second-order valence-corrected chi connectivity index (χ2v) is 3.90. The van der Waals surface area contributed by atoms with E-state index in [9.17, 15) is 4.79 Å². The molecule has 0 aliphatic rings. The number of ether oxygens (including phenoxy) is 1. The number of esters is 1. The number of aromatic nitrogens is 2. The van der Waals surface area contributed by atoms with Crippen LogP contribution in [0.2, 0.25) is 0 Å². The molecule has 1 aromatic carbocycles. The molecule has 0 saturated heterocycles. The van der Waals surface area contributed by atoms with Crippen LogP contribution in [0.25, 0.3) is 0 Å². The monoisotopic (exact) mass is 230 g/mol. The van der Waals surface area contributed by atoms with Gasteiger partial charge >= 0.3 is 5.97 Å². The summed E-state index contributed by atoms with van der Waals surface area (Å²) in [5.74, 6) is -0.361. The van der Waals surface area contributed by atoms with Crippen molar-refractivity contribution in [1.29, 1.82) is 0 Å². The lowest BCUT2D eigenvalue weighted by Crippen LogP contribution is -2.01. The molecule has 0 bridgehead atoms. The van der Waals surface area contributed by atoms with Crippen LogP contribution in [0.15, 0.2) is 36.7 Å². The number of nitrogens with zero attached hydrogens (tertiary/aromatic N) is 2. The molecule has 4 heteroatoms. The van der Waals surface area contributed by atoms with Crippen molar-refractivity contribution in [3.05, 3.63) is 53.3 Å². The molecule has 1 heterocycles. The third kappa shape index (κ3) is 2.72. The third-order valence-corrected chi connectivity index (χ3v) is 2.52. The van der Waals surface area contributed by atoms with E-state index < -0.39 is 0 Å². The van der Waals surface area contributed by atoms with Crippen molar-refractivity contribution in [2.24, 2.45) is 0 Å². The maximum absolute atomic E-state index is 11.2. The van der Waals surface area contributed by atoms with Gasteiger partial charge in [0.2, 0.25) is 0 Å². The minimum atomic E-state index is -0.361. The molecule has 17 heavy (non-hydrogen) atoms. The molecule has 0 unspecified atom stereocenters. The molecule has 1 aromatic heterocycles. The molecule has 2 rings (SSSR count). The highest BCUT2D eigenvalue weighted by Gasteiger charge is 2.08. The van der Waals surface area contributed by atoms with Crippen LogP contribution in [0.1, 0.15) is 21.5 Å². The average Bonchev–Trinajstić information content (AvgIpc) is 2.80. The van der Waals surface area contributed by atoms with E-state index in [2.05, 4.69) is 34.1 Å². The Morgan fingerprint density at radius 2 is 2.06 bits per heavy atom. The molecule has 0 N–H and O–H groups in total. The molecule has 0 saturated carbocycles. The average molecular weight is 230 g/mol. The van der Waals surface area contributed by atoms with Crippen LogP contribution in [0, 0.1) is 6.92 Å². The third-order valence-electron chi connectivity index (χ3n) is 2.52. The maximum Gasteiger partial charge on any atom is 0.341 e. The highest BCUT2D eigenvalue weighted by Crippen LogP contribution is 2.06. The number of methoxy groups -OCH3 is 1. The molecular formula is C13H14N2O2. The van der Waals surface area contributed by atoms with Gasteiger partial charge in [-0.25, -0.2) is 4.79 Å². The van der Waals surface area contributed by atoms with Crippen LogP contribution in [0.4, 0.5) is 0 Å². The largest absolute Gasteiger partial charge is 0.465 e. The Morgan fingerprint density at radius 1 is 1.35 bits per heavy atom. The minimum Gasteiger partial charge on any atom is -0.465 e. The Hall–Kier alpha value is -2.10. The van der Waals surface area contributed by atoms with E-state index in [1.54, 1.807) is 10.9 Å². The lowest BCUT2D eigenvalue weighted by atomic mass is 10.1. The first-order chi connectivity index (χ1) is 8.19. The van der Waals surface area contributed by atoms with Gasteiger partial charge in [0.1, 0.15) is 0 Å². The quantitative estimate of drug-likeness (QED) is 0.758. The van der Waals surface area contributed by atoms with E-state index in [0.29, 0.717) is 12.1 Å². The van der Waals surface area contributed by atoms with E-state index in [1.807, 2.05) is 6.92 Å². The van der Waals surface area contributed by atoms with Gasteiger partial charge in [0, 0.05) is 6.20 Å². The second-order valence-electron chi connectivity index (χ2n) is 3.90. The predicted molar refractivity (Wildman–Crippen MR) is 63.8 cm³/mol. The van der Waals surface area contributed by atoms with E-state index in [1.165, 1.54) is 18.9 Å². The van der Waals surface area contributed by atoms with Gasteiger partial charge in [0.05, 0.1) is 25.4 Å². The summed E-state index contributed by atoms with van der Waals surface area (Å²) in [4.78, 5) is 11.2. The number of hydrogen-bond donors (Lipinski definition) is 0. The molecule has 0 atom stereocenters. The first-order valence-corrected chi connectivity index (χ1v) is 5.35. The first kappa shape index (κ1) is 11.4. The fourth-order valence-electron chi connectivity index (χ4n) is 1.55. The molecule has 0 spiro atoms. The predicted octanol–water partition coefficient (Wildman–Crippen LogP) is 2.03. The van der Waals surface area contributed by atoms with Gasteiger partial charge in [-0.3, -0.25) is 4.68 Å². The minimum absolute atomic E-state index is 0.361. The summed E-state index contributed by atoms with van der Waals surface area (Å²) in [5.41, 5.74) is 2.85. The Labute approximate surface area is 99.8 Å². The molecule has 0 amide bonds. The number of aryl methyl sites for hydroxylation is 1. The molecule has 2 aromatic rings. The van der Waals surface area contributed by atoms with Crippen molar-refractivity contribution in [1.82, 2.24) is 9.78 Å². The molecule has 0 aliphatic carbocycles. The van der Waals surface area contributed by atoms with E-state index in [0.717, 1.165) is 5.56 Å². The number of rotatable bonds is 3.